The molecular formula is C23H32N4. The molecule has 2 heterocycles. The molecule has 0 fully saturated rings. The summed E-state index contributed by atoms with van der Waals surface area (Å²) in [5.74, 6) is 0. The van der Waals surface area contributed by atoms with E-state index in [9.17, 15) is 0 Å². The van der Waals surface area contributed by atoms with Crippen LogP contribution in [-0.2, 0) is 13.6 Å². The van der Waals surface area contributed by atoms with Gasteiger partial charge >= 0.3 is 0 Å². The van der Waals surface area contributed by atoms with Crippen LogP contribution >= 0.6 is 0 Å². The Balaban J connectivity index is 0.000000389. The van der Waals surface area contributed by atoms with Gasteiger partial charge in [-0.3, -0.25) is 0 Å². The summed E-state index contributed by atoms with van der Waals surface area (Å²) in [5.41, 5.74) is 6.87. The number of benzene rings is 2. The van der Waals surface area contributed by atoms with E-state index in [-0.39, 0.29) is 0 Å². The summed E-state index contributed by atoms with van der Waals surface area (Å²) in [6.07, 6.45) is 2.50. The van der Waals surface area contributed by atoms with E-state index >= 15 is 0 Å². The van der Waals surface area contributed by atoms with Gasteiger partial charge in [-0.25, -0.2) is 4.68 Å². The number of fused-ring (bicyclic) bond motifs is 5. The first-order valence-electron chi connectivity index (χ1n) is 9.87. The number of para-hydroxylation sites is 1. The van der Waals surface area contributed by atoms with E-state index in [1.54, 1.807) is 0 Å². The van der Waals surface area contributed by atoms with Crippen LogP contribution in [0, 0.1) is 0 Å². The average Bonchev–Trinajstić information content (AvgIpc) is 3.03. The second-order valence-corrected chi connectivity index (χ2v) is 6.85. The number of hydrogen-bond acceptors (Lipinski definition) is 3. The zero-order valence-corrected chi connectivity index (χ0v) is 17.5. The van der Waals surface area contributed by atoms with E-state index in [4.69, 9.17) is 0 Å². The smallest absolute Gasteiger partial charge is 0.121 e. The zero-order valence-electron chi connectivity index (χ0n) is 17.5. The van der Waals surface area contributed by atoms with Crippen molar-refractivity contribution in [3.05, 3.63) is 54.1 Å². The summed E-state index contributed by atoms with van der Waals surface area (Å²) < 4.78 is 1.87. The van der Waals surface area contributed by atoms with Crippen molar-refractivity contribution in [2.75, 3.05) is 11.9 Å². The highest BCUT2D eigenvalue weighted by Gasteiger charge is 2.23. The van der Waals surface area contributed by atoms with Crippen molar-refractivity contribution in [2.24, 2.45) is 7.05 Å². The molecule has 1 aliphatic heterocycles. The van der Waals surface area contributed by atoms with Crippen molar-refractivity contribution in [3.8, 4) is 22.5 Å². The van der Waals surface area contributed by atoms with E-state index < -0.39 is 0 Å². The number of aromatic nitrogens is 3. The lowest BCUT2D eigenvalue weighted by Gasteiger charge is -2.26. The van der Waals surface area contributed by atoms with Gasteiger partial charge in [0.15, 0.2) is 0 Å². The van der Waals surface area contributed by atoms with Crippen molar-refractivity contribution in [1.29, 1.82) is 0 Å². The molecule has 27 heavy (non-hydrogen) atoms. The number of nitrogens with zero attached hydrogens (tertiary/aromatic N) is 4. The Morgan fingerprint density at radius 1 is 0.815 bits per heavy atom. The Hall–Kier alpha value is -2.62. The maximum atomic E-state index is 4.42. The minimum Gasteiger partial charge on any atom is -0.370 e. The van der Waals surface area contributed by atoms with Crippen LogP contribution in [0.2, 0.25) is 0 Å². The van der Waals surface area contributed by atoms with Crippen LogP contribution in [0.3, 0.4) is 0 Å². The quantitative estimate of drug-likeness (QED) is 0.495. The van der Waals surface area contributed by atoms with Gasteiger partial charge in [0.2, 0.25) is 0 Å². The molecule has 4 heteroatoms. The molecule has 0 bridgehead atoms. The normalized spacial score (nSPS) is 11.4. The zero-order chi connectivity index (χ0) is 19.8. The fourth-order valence-corrected chi connectivity index (χ4v) is 3.08. The van der Waals surface area contributed by atoms with Crippen LogP contribution in [0.15, 0.2) is 48.5 Å². The lowest BCUT2D eigenvalue weighted by molar-refractivity contribution is 0.721. The topological polar surface area (TPSA) is 34.0 Å². The number of anilines is 1. The largest absolute Gasteiger partial charge is 0.370 e. The monoisotopic (exact) mass is 364 g/mol. The molecule has 4 rings (SSSR count). The lowest BCUT2D eigenvalue weighted by Crippen LogP contribution is -2.19. The Kier molecular flexibility index (Phi) is 7.59. The first kappa shape index (κ1) is 20.7. The van der Waals surface area contributed by atoms with Crippen LogP contribution in [0.5, 0.6) is 0 Å². The molecule has 144 valence electrons. The first-order valence-corrected chi connectivity index (χ1v) is 9.87. The molecule has 4 nitrogen and oxygen atoms in total. The molecule has 2 aromatic carbocycles. The number of aryl methyl sites for hydroxylation is 1. The second kappa shape index (κ2) is 9.91. The molecule has 0 saturated carbocycles. The van der Waals surface area contributed by atoms with Gasteiger partial charge in [-0.05, 0) is 11.6 Å². The summed E-state index contributed by atoms with van der Waals surface area (Å²) in [7, 11) is 4.08. The summed E-state index contributed by atoms with van der Waals surface area (Å²) >= 11 is 0. The maximum Gasteiger partial charge on any atom is 0.121 e. The molecule has 0 amide bonds. The van der Waals surface area contributed by atoms with Crippen LogP contribution in [0.1, 0.15) is 46.1 Å². The van der Waals surface area contributed by atoms with Crippen LogP contribution in [0.4, 0.5) is 5.69 Å². The SMILES string of the molecule is CCC.CCC.CN1Cc2ccccc2-c2nnn(C)c2-c2ccccc21. The van der Waals surface area contributed by atoms with Crippen LogP contribution in [0.25, 0.3) is 22.5 Å². The average molecular weight is 365 g/mol. The summed E-state index contributed by atoms with van der Waals surface area (Å²) in [5, 5.41) is 8.67. The first-order chi connectivity index (χ1) is 13.1. The summed E-state index contributed by atoms with van der Waals surface area (Å²) in [6, 6.07) is 16.9. The van der Waals surface area contributed by atoms with Gasteiger partial charge in [-0.2, -0.15) is 0 Å². The predicted molar refractivity (Wildman–Crippen MR) is 116 cm³/mol. The third-order valence-corrected chi connectivity index (χ3v) is 4.08. The Bertz CT molecular complexity index is 849. The molecule has 0 aliphatic carbocycles. The molecule has 0 N–H and O–H groups in total. The van der Waals surface area contributed by atoms with Gasteiger partial charge in [0, 0.05) is 37.5 Å². The van der Waals surface area contributed by atoms with Gasteiger partial charge in [0.05, 0.1) is 5.69 Å². The van der Waals surface area contributed by atoms with Crippen LogP contribution in [-0.4, -0.2) is 22.0 Å². The molecule has 1 aliphatic rings. The molecule has 0 saturated heterocycles. The fourth-order valence-electron chi connectivity index (χ4n) is 3.08. The van der Waals surface area contributed by atoms with Crippen molar-refractivity contribution in [3.63, 3.8) is 0 Å². The van der Waals surface area contributed by atoms with Crippen molar-refractivity contribution < 1.29 is 0 Å². The van der Waals surface area contributed by atoms with Gasteiger partial charge in [-0.15, -0.1) is 5.10 Å². The third-order valence-electron chi connectivity index (χ3n) is 4.08. The minimum absolute atomic E-state index is 0.864. The minimum atomic E-state index is 0.864. The second-order valence-electron chi connectivity index (χ2n) is 6.85. The van der Waals surface area contributed by atoms with Crippen molar-refractivity contribution >= 4 is 5.69 Å². The molecular weight excluding hydrogens is 332 g/mol. The highest BCUT2D eigenvalue weighted by Crippen LogP contribution is 2.39. The van der Waals surface area contributed by atoms with E-state index in [1.165, 1.54) is 35.2 Å². The fraction of sp³-hybridized carbons (Fsp3) is 0.391. The Labute approximate surface area is 163 Å². The third kappa shape index (κ3) is 4.57. The van der Waals surface area contributed by atoms with E-state index in [1.807, 2.05) is 11.7 Å². The van der Waals surface area contributed by atoms with Crippen molar-refractivity contribution in [2.45, 2.75) is 47.1 Å². The van der Waals surface area contributed by atoms with Gasteiger partial charge < -0.3 is 4.90 Å². The summed E-state index contributed by atoms with van der Waals surface area (Å²) in [4.78, 5) is 2.28. The molecule has 3 aromatic rings. The molecule has 1 aromatic heterocycles. The highest BCUT2D eigenvalue weighted by atomic mass is 15.4. The molecule has 0 radical (unpaired) electrons. The number of hydrogen-bond donors (Lipinski definition) is 0. The van der Waals surface area contributed by atoms with E-state index in [0.717, 1.165) is 17.9 Å². The van der Waals surface area contributed by atoms with E-state index in [0.29, 0.717) is 0 Å². The lowest BCUT2D eigenvalue weighted by atomic mass is 9.96. The standard InChI is InChI=1S/C17H16N4.2C3H8/c1-20-11-12-7-3-4-8-13(12)16-17(21(2)19-18-16)14-9-5-6-10-15(14)20;2*1-3-2/h3-10H,11H2,1-2H3;2*3H2,1-2H3. The van der Waals surface area contributed by atoms with E-state index in [2.05, 4.69) is 98.5 Å². The number of rotatable bonds is 0. The van der Waals surface area contributed by atoms with Crippen LogP contribution < -0.4 is 4.90 Å². The summed E-state index contributed by atoms with van der Waals surface area (Å²) in [6.45, 7) is 9.36. The Morgan fingerprint density at radius 3 is 2.04 bits per heavy atom. The van der Waals surface area contributed by atoms with Gasteiger partial charge in [0.25, 0.3) is 0 Å². The maximum absolute atomic E-state index is 4.42. The predicted octanol–water partition coefficient (Wildman–Crippen LogP) is 5.93. The Morgan fingerprint density at radius 2 is 1.37 bits per heavy atom. The molecule has 0 atom stereocenters. The molecule has 0 spiro atoms. The van der Waals surface area contributed by atoms with Crippen molar-refractivity contribution in [1.82, 2.24) is 15.0 Å². The van der Waals surface area contributed by atoms with Gasteiger partial charge in [0.1, 0.15) is 5.69 Å². The molecule has 0 unspecified atom stereocenters. The highest BCUT2D eigenvalue weighted by molar-refractivity contribution is 5.87. The van der Waals surface area contributed by atoms with Gasteiger partial charge in [-0.1, -0.05) is 88.2 Å².